The van der Waals surface area contributed by atoms with Crippen LogP contribution in [0.3, 0.4) is 0 Å². The van der Waals surface area contributed by atoms with Crippen molar-refractivity contribution in [2.75, 3.05) is 6.61 Å². The average Bonchev–Trinajstić information content (AvgIpc) is 2.52. The number of esters is 1. The average molecular weight is 430 g/mol. The Labute approximate surface area is 144 Å². The Morgan fingerprint density at radius 1 is 0.815 bits per heavy atom. The summed E-state index contributed by atoms with van der Waals surface area (Å²) in [6, 6.07) is 0. The highest BCUT2D eigenvalue weighted by Crippen LogP contribution is 2.58. The molecule has 0 aliphatic carbocycles. The van der Waals surface area contributed by atoms with Crippen LogP contribution in [0.4, 0.5) is 52.7 Å². The third-order valence-electron chi connectivity index (χ3n) is 3.34. The van der Waals surface area contributed by atoms with Gasteiger partial charge in [0.05, 0.1) is 0 Å². The van der Waals surface area contributed by atoms with Gasteiger partial charge in [0, 0.05) is 6.42 Å². The number of halogens is 12. The monoisotopic (exact) mass is 430 g/mol. The van der Waals surface area contributed by atoms with E-state index in [-0.39, 0.29) is 6.42 Å². The van der Waals surface area contributed by atoms with Crippen molar-refractivity contribution >= 4 is 5.97 Å². The summed E-state index contributed by atoms with van der Waals surface area (Å²) in [5.41, 5.74) is 0. The zero-order valence-electron chi connectivity index (χ0n) is 13.5. The summed E-state index contributed by atoms with van der Waals surface area (Å²) < 4.78 is 158. The molecule has 0 saturated heterocycles. The third kappa shape index (κ3) is 4.73. The zero-order valence-corrected chi connectivity index (χ0v) is 13.5. The first-order valence-electron chi connectivity index (χ1n) is 7.23. The van der Waals surface area contributed by atoms with Gasteiger partial charge in [-0.1, -0.05) is 19.8 Å². The van der Waals surface area contributed by atoms with E-state index in [1.54, 1.807) is 6.92 Å². The summed E-state index contributed by atoms with van der Waals surface area (Å²) in [6.45, 7) is -1.19. The fourth-order valence-corrected chi connectivity index (χ4v) is 1.63. The fraction of sp³-hybridized carbons (Fsp3) is 0.923. The lowest BCUT2D eigenvalue weighted by molar-refractivity contribution is -0.414. The number of unbranched alkanes of at least 4 members (excludes halogenated alkanes) is 2. The van der Waals surface area contributed by atoms with Crippen molar-refractivity contribution in [2.24, 2.45) is 0 Å². The van der Waals surface area contributed by atoms with Crippen LogP contribution in [0.5, 0.6) is 0 Å². The first-order chi connectivity index (χ1) is 11.9. The van der Waals surface area contributed by atoms with Gasteiger partial charge in [-0.05, 0) is 6.42 Å². The van der Waals surface area contributed by atoms with Crippen molar-refractivity contribution in [3.63, 3.8) is 0 Å². The van der Waals surface area contributed by atoms with Crippen LogP contribution < -0.4 is 0 Å². The van der Waals surface area contributed by atoms with Crippen molar-refractivity contribution in [1.82, 2.24) is 0 Å². The molecular weight excluding hydrogens is 416 g/mol. The minimum absolute atomic E-state index is 0.0478. The normalized spacial score (nSPS) is 14.6. The van der Waals surface area contributed by atoms with Gasteiger partial charge < -0.3 is 4.74 Å². The molecule has 0 aliphatic rings. The topological polar surface area (TPSA) is 26.3 Å². The summed E-state index contributed by atoms with van der Waals surface area (Å²) >= 11 is 0. The van der Waals surface area contributed by atoms with E-state index in [2.05, 4.69) is 4.74 Å². The zero-order chi connectivity index (χ0) is 21.9. The molecule has 0 rings (SSSR count). The maximum atomic E-state index is 13.3. The van der Waals surface area contributed by atoms with Crippen LogP contribution in [0.1, 0.15) is 32.6 Å². The second-order valence-electron chi connectivity index (χ2n) is 5.47. The highest BCUT2D eigenvalue weighted by Gasteiger charge is 2.87. The number of carbonyl (C=O) groups excluding carboxylic acids is 1. The summed E-state index contributed by atoms with van der Waals surface area (Å²) in [6.07, 6.45) is -5.17. The number of rotatable bonds is 11. The number of hydrogen-bond acceptors (Lipinski definition) is 2. The molecule has 0 aromatic carbocycles. The summed E-state index contributed by atoms with van der Waals surface area (Å²) in [7, 11) is 0. The van der Waals surface area contributed by atoms with E-state index in [9.17, 15) is 57.5 Å². The van der Waals surface area contributed by atoms with Gasteiger partial charge >= 0.3 is 42.0 Å². The molecule has 0 heterocycles. The Kier molecular flexibility index (Phi) is 7.91. The van der Waals surface area contributed by atoms with Gasteiger partial charge in [-0.15, -0.1) is 0 Å². The van der Waals surface area contributed by atoms with Crippen LogP contribution in [0, 0.1) is 0 Å². The molecule has 14 heteroatoms. The van der Waals surface area contributed by atoms with Crippen LogP contribution in [0.25, 0.3) is 0 Å². The van der Waals surface area contributed by atoms with E-state index < -0.39 is 55.0 Å². The summed E-state index contributed by atoms with van der Waals surface area (Å²) in [4.78, 5) is 11.0. The quantitative estimate of drug-likeness (QED) is 0.244. The lowest BCUT2D eigenvalue weighted by Gasteiger charge is -2.38. The Hall–Kier alpha value is -1.37. The van der Waals surface area contributed by atoms with Gasteiger partial charge in [0.2, 0.25) is 0 Å². The van der Waals surface area contributed by atoms with Crippen molar-refractivity contribution < 1.29 is 62.2 Å². The Morgan fingerprint density at radius 3 is 1.70 bits per heavy atom. The lowest BCUT2D eigenvalue weighted by atomic mass is 9.94. The van der Waals surface area contributed by atoms with Crippen molar-refractivity contribution in [3.8, 4) is 0 Å². The van der Waals surface area contributed by atoms with Crippen LogP contribution >= 0.6 is 0 Å². The van der Waals surface area contributed by atoms with Crippen LogP contribution in [-0.4, -0.2) is 48.6 Å². The van der Waals surface area contributed by atoms with Crippen molar-refractivity contribution in [1.29, 1.82) is 0 Å². The van der Waals surface area contributed by atoms with Crippen LogP contribution in [0.15, 0.2) is 0 Å². The molecule has 0 aliphatic heterocycles. The molecule has 0 spiro atoms. The van der Waals surface area contributed by atoms with Gasteiger partial charge in [-0.25, -0.2) is 8.78 Å². The predicted molar refractivity (Wildman–Crippen MR) is 65.8 cm³/mol. The highest BCUT2D eigenvalue weighted by molar-refractivity contribution is 5.69. The van der Waals surface area contributed by atoms with Gasteiger partial charge in [0.25, 0.3) is 0 Å². The highest BCUT2D eigenvalue weighted by atomic mass is 19.4. The van der Waals surface area contributed by atoms with Crippen molar-refractivity contribution in [3.05, 3.63) is 0 Å². The summed E-state index contributed by atoms with van der Waals surface area (Å²) in [5, 5.41) is 0. The van der Waals surface area contributed by atoms with E-state index >= 15 is 0 Å². The fourth-order valence-electron chi connectivity index (χ4n) is 1.63. The molecule has 0 radical (unpaired) electrons. The molecule has 0 bridgehead atoms. The van der Waals surface area contributed by atoms with E-state index in [0.717, 1.165) is 0 Å². The van der Waals surface area contributed by atoms with Crippen LogP contribution in [-0.2, 0) is 9.53 Å². The summed E-state index contributed by atoms with van der Waals surface area (Å²) in [5.74, 6) is -37.3. The third-order valence-corrected chi connectivity index (χ3v) is 3.34. The maximum Gasteiger partial charge on any atom is 0.384 e. The van der Waals surface area contributed by atoms with Crippen LogP contribution in [0.2, 0.25) is 0 Å². The number of ether oxygens (including phenoxy) is 1. The van der Waals surface area contributed by atoms with E-state index in [0.29, 0.717) is 12.8 Å². The number of hydrogen-bond donors (Lipinski definition) is 0. The Morgan fingerprint density at radius 2 is 1.30 bits per heavy atom. The predicted octanol–water partition coefficient (Wildman–Crippen LogP) is 5.55. The SMILES string of the molecule is CCCCCC(=O)OCC(F)(F)C(F)(F)C(F)(F)C(F)(F)C(F)(F)C(F)F. The minimum atomic E-state index is -7.61. The van der Waals surface area contributed by atoms with E-state index in [4.69, 9.17) is 0 Å². The molecule has 0 aromatic heterocycles. The van der Waals surface area contributed by atoms with Crippen molar-refractivity contribution in [2.45, 2.75) is 68.6 Å². The molecule has 0 saturated carbocycles. The molecule has 0 atom stereocenters. The lowest BCUT2D eigenvalue weighted by Crippen LogP contribution is -2.69. The molecule has 0 fully saturated rings. The number of alkyl halides is 12. The van der Waals surface area contributed by atoms with E-state index in [1.807, 2.05) is 0 Å². The van der Waals surface area contributed by atoms with Gasteiger partial charge in [0.15, 0.2) is 6.61 Å². The Bertz CT molecular complexity index is 504. The van der Waals surface area contributed by atoms with Gasteiger partial charge in [-0.3, -0.25) is 4.79 Å². The number of carbonyl (C=O) groups is 1. The van der Waals surface area contributed by atoms with Gasteiger partial charge in [-0.2, -0.15) is 43.9 Å². The molecular formula is C13H14F12O2. The molecule has 0 aromatic rings. The molecule has 162 valence electrons. The Balaban J connectivity index is 5.51. The second kappa shape index (κ2) is 8.33. The standard InChI is InChI=1S/C13H14F12O2/c1-2-3-4-5-7(26)27-6-9(16,17)11(20,21)13(24,25)12(22,23)10(18,19)8(14)15/h8H,2-6H2,1H3. The van der Waals surface area contributed by atoms with Gasteiger partial charge in [0.1, 0.15) is 0 Å². The molecule has 0 unspecified atom stereocenters. The van der Waals surface area contributed by atoms with E-state index in [1.165, 1.54) is 0 Å². The largest absolute Gasteiger partial charge is 0.459 e. The molecule has 27 heavy (non-hydrogen) atoms. The molecule has 2 nitrogen and oxygen atoms in total. The smallest absolute Gasteiger partial charge is 0.384 e. The minimum Gasteiger partial charge on any atom is -0.459 e. The molecule has 0 N–H and O–H groups in total. The first-order valence-corrected chi connectivity index (χ1v) is 7.23. The maximum absolute atomic E-state index is 13.3. The first kappa shape index (κ1) is 25.6. The molecule has 0 amide bonds. The second-order valence-corrected chi connectivity index (χ2v) is 5.47.